The minimum Gasteiger partial charge on any atom is -0.465 e. The highest BCUT2D eigenvalue weighted by Crippen LogP contribution is 2.20. The molecule has 0 aliphatic carbocycles. The van der Waals surface area contributed by atoms with E-state index < -0.39 is 17.5 Å². The molecule has 7 nitrogen and oxygen atoms in total. The van der Waals surface area contributed by atoms with Crippen LogP contribution in [0, 0.1) is 6.92 Å². The molecule has 0 unspecified atom stereocenters. The maximum atomic E-state index is 12.6. The Kier molecular flexibility index (Phi) is 5.32. The predicted molar refractivity (Wildman–Crippen MR) is 95.8 cm³/mol. The van der Waals surface area contributed by atoms with Crippen molar-refractivity contribution in [1.82, 2.24) is 9.58 Å². The van der Waals surface area contributed by atoms with E-state index in [2.05, 4.69) is 5.43 Å². The van der Waals surface area contributed by atoms with Crippen LogP contribution in [-0.4, -0.2) is 44.5 Å². The summed E-state index contributed by atoms with van der Waals surface area (Å²) in [6, 6.07) is 5.12. The highest BCUT2D eigenvalue weighted by molar-refractivity contribution is 7.12. The Morgan fingerprint density at radius 1 is 1.28 bits per heavy atom. The van der Waals surface area contributed by atoms with Crippen LogP contribution in [0.4, 0.5) is 4.79 Å². The second kappa shape index (κ2) is 7.10. The lowest BCUT2D eigenvalue weighted by Gasteiger charge is -2.32. The predicted octanol–water partition coefficient (Wildman–Crippen LogP) is 2.94. The van der Waals surface area contributed by atoms with Gasteiger partial charge in [0.1, 0.15) is 12.2 Å². The Bertz CT molecular complexity index is 801. The number of amides is 2. The zero-order chi connectivity index (χ0) is 18.8. The van der Waals surface area contributed by atoms with E-state index in [1.165, 1.54) is 16.0 Å². The van der Waals surface area contributed by atoms with E-state index in [0.29, 0.717) is 10.6 Å². The molecule has 8 heteroatoms. The second-order valence-electron chi connectivity index (χ2n) is 6.60. The molecule has 2 rings (SSSR count). The number of rotatable bonds is 5. The van der Waals surface area contributed by atoms with E-state index in [1.54, 1.807) is 39.1 Å². The summed E-state index contributed by atoms with van der Waals surface area (Å²) in [5, 5.41) is 11.1. The van der Waals surface area contributed by atoms with Crippen molar-refractivity contribution in [3.63, 3.8) is 0 Å². The standard InChI is InChI=1S/C17H21N3O4S/c1-11-7-9-25-15(11)14(22)12-6-5-8-20(12)18-13(21)10-19(16(23)24)17(2,3)4/h5-9H,10H2,1-4H3,(H,18,21)(H,23,24). The van der Waals surface area contributed by atoms with Crippen molar-refractivity contribution in [2.75, 3.05) is 12.0 Å². The molecule has 2 aromatic rings. The molecule has 0 spiro atoms. The fraction of sp³-hybridized carbons (Fsp3) is 0.353. The first-order valence-electron chi connectivity index (χ1n) is 7.68. The Morgan fingerprint density at radius 3 is 2.48 bits per heavy atom. The van der Waals surface area contributed by atoms with Gasteiger partial charge >= 0.3 is 6.09 Å². The summed E-state index contributed by atoms with van der Waals surface area (Å²) < 4.78 is 1.33. The highest BCUT2D eigenvalue weighted by atomic mass is 32.1. The molecule has 0 saturated carbocycles. The van der Waals surface area contributed by atoms with E-state index in [4.69, 9.17) is 0 Å². The molecule has 2 N–H and O–H groups in total. The number of aryl methyl sites for hydroxylation is 1. The van der Waals surface area contributed by atoms with Crippen molar-refractivity contribution in [2.24, 2.45) is 0 Å². The average molecular weight is 363 g/mol. The van der Waals surface area contributed by atoms with Crippen LogP contribution in [0.25, 0.3) is 0 Å². The van der Waals surface area contributed by atoms with Crippen LogP contribution in [0.3, 0.4) is 0 Å². The lowest BCUT2D eigenvalue weighted by atomic mass is 10.1. The fourth-order valence-corrected chi connectivity index (χ4v) is 3.16. The number of carboxylic acid groups (broad SMARTS) is 1. The van der Waals surface area contributed by atoms with Gasteiger partial charge in [-0.3, -0.25) is 24.6 Å². The summed E-state index contributed by atoms with van der Waals surface area (Å²) in [5.74, 6) is -0.714. The van der Waals surface area contributed by atoms with E-state index in [0.717, 1.165) is 10.5 Å². The quantitative estimate of drug-likeness (QED) is 0.799. The molecular weight excluding hydrogens is 342 g/mol. The zero-order valence-corrected chi connectivity index (χ0v) is 15.4. The first kappa shape index (κ1) is 18.7. The van der Waals surface area contributed by atoms with Gasteiger partial charge in [-0.25, -0.2) is 4.79 Å². The van der Waals surface area contributed by atoms with Gasteiger partial charge < -0.3 is 5.11 Å². The van der Waals surface area contributed by atoms with E-state index in [1.807, 2.05) is 18.4 Å². The molecule has 0 bridgehead atoms. The number of carbonyl (C=O) groups is 3. The molecule has 134 valence electrons. The number of aromatic nitrogens is 1. The van der Waals surface area contributed by atoms with Gasteiger partial charge in [0.15, 0.2) is 0 Å². The van der Waals surface area contributed by atoms with Gasteiger partial charge in [-0.15, -0.1) is 11.3 Å². The van der Waals surface area contributed by atoms with Crippen LogP contribution in [0.1, 0.15) is 41.7 Å². The first-order valence-corrected chi connectivity index (χ1v) is 8.56. The molecule has 0 radical (unpaired) electrons. The Hall–Kier alpha value is -2.61. The third-order valence-electron chi connectivity index (χ3n) is 3.64. The van der Waals surface area contributed by atoms with Crippen molar-refractivity contribution in [3.8, 4) is 0 Å². The van der Waals surface area contributed by atoms with Crippen molar-refractivity contribution in [2.45, 2.75) is 33.2 Å². The van der Waals surface area contributed by atoms with Gasteiger partial charge in [0, 0.05) is 11.7 Å². The van der Waals surface area contributed by atoms with Gasteiger partial charge in [-0.1, -0.05) is 0 Å². The van der Waals surface area contributed by atoms with Gasteiger partial charge in [0.2, 0.25) is 5.78 Å². The third-order valence-corrected chi connectivity index (χ3v) is 4.65. The summed E-state index contributed by atoms with van der Waals surface area (Å²) >= 11 is 1.34. The molecule has 2 amide bonds. The minimum absolute atomic E-state index is 0.191. The summed E-state index contributed by atoms with van der Waals surface area (Å²) in [6.07, 6.45) is 0.372. The van der Waals surface area contributed by atoms with Crippen molar-refractivity contribution >= 4 is 29.1 Å². The normalized spacial score (nSPS) is 11.2. The summed E-state index contributed by atoms with van der Waals surface area (Å²) in [5.41, 5.74) is 3.04. The molecule has 2 heterocycles. The SMILES string of the molecule is Cc1ccsc1C(=O)c1cccn1NC(=O)CN(C(=O)O)C(C)(C)C. The minimum atomic E-state index is -1.18. The Morgan fingerprint density at radius 2 is 1.96 bits per heavy atom. The Labute approximate surface area is 149 Å². The molecule has 25 heavy (non-hydrogen) atoms. The fourth-order valence-electron chi connectivity index (χ4n) is 2.29. The van der Waals surface area contributed by atoms with Gasteiger partial charge in [0.25, 0.3) is 5.91 Å². The number of nitrogens with zero attached hydrogens (tertiary/aromatic N) is 2. The molecule has 0 aliphatic heterocycles. The largest absolute Gasteiger partial charge is 0.465 e. The second-order valence-corrected chi connectivity index (χ2v) is 7.52. The molecule has 0 saturated heterocycles. The molecule has 0 fully saturated rings. The van der Waals surface area contributed by atoms with Crippen LogP contribution in [0.15, 0.2) is 29.8 Å². The van der Waals surface area contributed by atoms with E-state index in [-0.39, 0.29) is 12.3 Å². The molecule has 2 aromatic heterocycles. The first-order chi connectivity index (χ1) is 11.6. The maximum Gasteiger partial charge on any atom is 0.408 e. The number of ketones is 1. The topological polar surface area (TPSA) is 91.6 Å². The average Bonchev–Trinajstić information content (AvgIpc) is 3.11. The number of hydrogen-bond acceptors (Lipinski definition) is 4. The van der Waals surface area contributed by atoms with Crippen molar-refractivity contribution in [1.29, 1.82) is 0 Å². The zero-order valence-electron chi connectivity index (χ0n) is 14.6. The van der Waals surface area contributed by atoms with Gasteiger partial charge in [-0.05, 0) is 56.8 Å². The third kappa shape index (κ3) is 4.27. The van der Waals surface area contributed by atoms with Crippen LogP contribution in [-0.2, 0) is 4.79 Å². The van der Waals surface area contributed by atoms with E-state index in [9.17, 15) is 19.5 Å². The number of hydrogen-bond donors (Lipinski definition) is 2. The van der Waals surface area contributed by atoms with Gasteiger partial charge in [0.05, 0.1) is 4.88 Å². The number of thiophene rings is 1. The van der Waals surface area contributed by atoms with Crippen molar-refractivity contribution in [3.05, 3.63) is 45.9 Å². The molecular formula is C17H21N3O4S. The summed E-state index contributed by atoms with van der Waals surface area (Å²) in [7, 11) is 0. The monoisotopic (exact) mass is 363 g/mol. The number of carbonyl (C=O) groups excluding carboxylic acids is 2. The molecule has 0 aliphatic rings. The van der Waals surface area contributed by atoms with Crippen LogP contribution < -0.4 is 5.43 Å². The molecule has 0 aromatic carbocycles. The highest BCUT2D eigenvalue weighted by Gasteiger charge is 2.28. The molecule has 0 atom stereocenters. The maximum absolute atomic E-state index is 12.6. The lowest BCUT2D eigenvalue weighted by Crippen LogP contribution is -2.49. The van der Waals surface area contributed by atoms with Crippen LogP contribution >= 0.6 is 11.3 Å². The van der Waals surface area contributed by atoms with E-state index >= 15 is 0 Å². The number of nitrogens with one attached hydrogen (secondary N) is 1. The lowest BCUT2D eigenvalue weighted by molar-refractivity contribution is -0.118. The van der Waals surface area contributed by atoms with Crippen LogP contribution in [0.2, 0.25) is 0 Å². The van der Waals surface area contributed by atoms with Crippen molar-refractivity contribution < 1.29 is 19.5 Å². The summed E-state index contributed by atoms with van der Waals surface area (Å²) in [6.45, 7) is 6.64. The van der Waals surface area contributed by atoms with Crippen LogP contribution in [0.5, 0.6) is 0 Å². The summed E-state index contributed by atoms with van der Waals surface area (Å²) in [4.78, 5) is 37.9. The Balaban J connectivity index is 2.16. The smallest absolute Gasteiger partial charge is 0.408 e. The van der Waals surface area contributed by atoms with Gasteiger partial charge in [-0.2, -0.15) is 0 Å².